The molecule has 1 saturated heterocycles. The van der Waals surface area contributed by atoms with E-state index >= 15 is 0 Å². The van der Waals surface area contributed by atoms with Gasteiger partial charge in [0, 0.05) is 35.8 Å². The van der Waals surface area contributed by atoms with Gasteiger partial charge < -0.3 is 14.8 Å². The molecule has 1 heterocycles. The van der Waals surface area contributed by atoms with Crippen molar-refractivity contribution in [3.8, 4) is 11.5 Å². The molecule has 1 aliphatic heterocycles. The summed E-state index contributed by atoms with van der Waals surface area (Å²) in [6.45, 7) is 8.89. The molecular formula is C17H27ClN2O2. The lowest BCUT2D eigenvalue weighted by atomic mass is 10.1. The van der Waals surface area contributed by atoms with Crippen molar-refractivity contribution in [1.82, 2.24) is 10.2 Å². The van der Waals surface area contributed by atoms with Gasteiger partial charge in [-0.3, -0.25) is 4.90 Å². The van der Waals surface area contributed by atoms with E-state index in [9.17, 15) is 0 Å². The maximum Gasteiger partial charge on any atom is 0.165 e. The van der Waals surface area contributed by atoms with Gasteiger partial charge in [0.15, 0.2) is 11.5 Å². The van der Waals surface area contributed by atoms with Crippen LogP contribution < -0.4 is 14.8 Å². The molecule has 1 N–H and O–H groups in total. The molecule has 5 heteroatoms. The fourth-order valence-corrected chi connectivity index (χ4v) is 3.36. The number of methoxy groups -OCH3 is 1. The monoisotopic (exact) mass is 326 g/mol. The van der Waals surface area contributed by atoms with Crippen LogP contribution in [0, 0.1) is 0 Å². The van der Waals surface area contributed by atoms with Crippen LogP contribution in [0.3, 0.4) is 0 Å². The smallest absolute Gasteiger partial charge is 0.165 e. The van der Waals surface area contributed by atoms with Crippen molar-refractivity contribution < 1.29 is 9.47 Å². The van der Waals surface area contributed by atoms with Gasteiger partial charge in [0.05, 0.1) is 13.7 Å². The first-order valence-electron chi connectivity index (χ1n) is 8.13. The molecule has 0 radical (unpaired) electrons. The van der Waals surface area contributed by atoms with E-state index < -0.39 is 0 Å². The predicted molar refractivity (Wildman–Crippen MR) is 91.1 cm³/mol. The Kier molecular flexibility index (Phi) is 6.80. The largest absolute Gasteiger partial charge is 0.493 e. The number of halogens is 1. The molecule has 2 rings (SSSR count). The molecule has 1 aliphatic rings. The summed E-state index contributed by atoms with van der Waals surface area (Å²) in [5, 5.41) is 4.22. The van der Waals surface area contributed by atoms with Crippen LogP contribution in [-0.2, 0) is 6.54 Å². The highest BCUT2D eigenvalue weighted by molar-refractivity contribution is 6.30. The van der Waals surface area contributed by atoms with Crippen LogP contribution in [0.15, 0.2) is 12.1 Å². The fraction of sp³-hybridized carbons (Fsp3) is 0.647. The van der Waals surface area contributed by atoms with Gasteiger partial charge in [0.2, 0.25) is 0 Å². The first kappa shape index (κ1) is 17.4. The van der Waals surface area contributed by atoms with Crippen LogP contribution in [0.5, 0.6) is 11.5 Å². The van der Waals surface area contributed by atoms with E-state index in [1.165, 1.54) is 19.4 Å². The lowest BCUT2D eigenvalue weighted by Gasteiger charge is -2.23. The van der Waals surface area contributed by atoms with E-state index in [1.54, 1.807) is 13.2 Å². The predicted octanol–water partition coefficient (Wildman–Crippen LogP) is 3.32. The lowest BCUT2D eigenvalue weighted by molar-refractivity contribution is 0.259. The van der Waals surface area contributed by atoms with Crippen molar-refractivity contribution in [3.63, 3.8) is 0 Å². The molecule has 0 amide bonds. The van der Waals surface area contributed by atoms with E-state index in [-0.39, 0.29) is 0 Å². The normalized spacial score (nSPS) is 18.6. The van der Waals surface area contributed by atoms with E-state index in [4.69, 9.17) is 21.1 Å². The Bertz CT molecular complexity index is 482. The van der Waals surface area contributed by atoms with Crippen LogP contribution in [0.2, 0.25) is 5.02 Å². The maximum absolute atomic E-state index is 6.18. The van der Waals surface area contributed by atoms with Crippen LogP contribution in [-0.4, -0.2) is 44.3 Å². The summed E-state index contributed by atoms with van der Waals surface area (Å²) >= 11 is 6.18. The summed E-state index contributed by atoms with van der Waals surface area (Å²) in [5.41, 5.74) is 1.05. The molecule has 1 atom stereocenters. The standard InChI is InChI=1S/C17H27ClN2O2/c1-4-20-8-6-7-15(20)12-19-11-13-9-14(18)10-16(21-3)17(13)22-5-2/h9-10,15,19H,4-8,11-12H2,1-3H3/t15-/m0/s1. The number of ether oxygens (including phenoxy) is 2. The van der Waals surface area contributed by atoms with Gasteiger partial charge in [-0.05, 0) is 38.9 Å². The van der Waals surface area contributed by atoms with Gasteiger partial charge in [-0.2, -0.15) is 0 Å². The van der Waals surface area contributed by atoms with Crippen molar-refractivity contribution in [3.05, 3.63) is 22.7 Å². The van der Waals surface area contributed by atoms with Crippen LogP contribution in [0.4, 0.5) is 0 Å². The average molecular weight is 327 g/mol. The van der Waals surface area contributed by atoms with E-state index in [2.05, 4.69) is 17.1 Å². The van der Waals surface area contributed by atoms with Crippen LogP contribution in [0.25, 0.3) is 0 Å². The minimum absolute atomic E-state index is 0.608. The highest BCUT2D eigenvalue weighted by Crippen LogP contribution is 2.34. The molecule has 1 fully saturated rings. The van der Waals surface area contributed by atoms with E-state index in [1.807, 2.05) is 13.0 Å². The molecule has 0 saturated carbocycles. The van der Waals surface area contributed by atoms with Gasteiger partial charge in [-0.1, -0.05) is 18.5 Å². The van der Waals surface area contributed by atoms with Crippen LogP contribution >= 0.6 is 11.6 Å². The molecule has 0 bridgehead atoms. The summed E-state index contributed by atoms with van der Waals surface area (Å²) in [4.78, 5) is 2.54. The van der Waals surface area contributed by atoms with Crippen molar-refractivity contribution in [2.75, 3.05) is 33.4 Å². The minimum Gasteiger partial charge on any atom is -0.493 e. The molecule has 1 aromatic carbocycles. The highest BCUT2D eigenvalue weighted by Gasteiger charge is 2.22. The number of nitrogens with one attached hydrogen (secondary N) is 1. The molecular weight excluding hydrogens is 300 g/mol. The van der Waals surface area contributed by atoms with Crippen molar-refractivity contribution >= 4 is 11.6 Å². The first-order valence-corrected chi connectivity index (χ1v) is 8.51. The van der Waals surface area contributed by atoms with Crippen molar-refractivity contribution in [2.45, 2.75) is 39.3 Å². The fourth-order valence-electron chi connectivity index (χ4n) is 3.13. The first-order chi connectivity index (χ1) is 10.7. The third-order valence-electron chi connectivity index (χ3n) is 4.21. The Morgan fingerprint density at radius 3 is 2.86 bits per heavy atom. The summed E-state index contributed by atoms with van der Waals surface area (Å²) in [6.07, 6.45) is 2.58. The third-order valence-corrected chi connectivity index (χ3v) is 4.42. The van der Waals surface area contributed by atoms with Gasteiger partial charge in [-0.15, -0.1) is 0 Å². The second kappa shape index (κ2) is 8.61. The lowest BCUT2D eigenvalue weighted by Crippen LogP contribution is -2.37. The molecule has 0 aliphatic carbocycles. The van der Waals surface area contributed by atoms with Gasteiger partial charge in [0.25, 0.3) is 0 Å². The van der Waals surface area contributed by atoms with Gasteiger partial charge >= 0.3 is 0 Å². The Morgan fingerprint density at radius 1 is 1.36 bits per heavy atom. The number of nitrogens with zero attached hydrogens (tertiary/aromatic N) is 1. The average Bonchev–Trinajstić information content (AvgIpc) is 2.97. The number of hydrogen-bond donors (Lipinski definition) is 1. The molecule has 0 spiro atoms. The zero-order chi connectivity index (χ0) is 15.9. The summed E-state index contributed by atoms with van der Waals surface area (Å²) in [6, 6.07) is 4.39. The van der Waals surface area contributed by atoms with Crippen molar-refractivity contribution in [1.29, 1.82) is 0 Å². The third kappa shape index (κ3) is 4.28. The van der Waals surface area contributed by atoms with Gasteiger partial charge in [0.1, 0.15) is 0 Å². The Hall–Kier alpha value is -0.970. The molecule has 1 aromatic rings. The number of likely N-dealkylation sites (N-methyl/N-ethyl adjacent to an activating group) is 1. The quantitative estimate of drug-likeness (QED) is 0.794. The van der Waals surface area contributed by atoms with Gasteiger partial charge in [-0.25, -0.2) is 0 Å². The Morgan fingerprint density at radius 2 is 2.18 bits per heavy atom. The number of rotatable bonds is 8. The zero-order valence-corrected chi connectivity index (χ0v) is 14.6. The molecule has 0 unspecified atom stereocenters. The molecule has 124 valence electrons. The molecule has 22 heavy (non-hydrogen) atoms. The van der Waals surface area contributed by atoms with Crippen LogP contribution in [0.1, 0.15) is 32.3 Å². The number of hydrogen-bond acceptors (Lipinski definition) is 4. The minimum atomic E-state index is 0.608. The SMILES string of the molecule is CCOc1c(CNC[C@@H]2CCCN2CC)cc(Cl)cc1OC. The van der Waals surface area contributed by atoms with Crippen molar-refractivity contribution in [2.24, 2.45) is 0 Å². The number of likely N-dealkylation sites (tertiary alicyclic amines) is 1. The van der Waals surface area contributed by atoms with E-state index in [0.29, 0.717) is 23.4 Å². The Balaban J connectivity index is 2.00. The second-order valence-electron chi connectivity index (χ2n) is 5.58. The zero-order valence-electron chi connectivity index (χ0n) is 13.8. The Labute approximate surface area is 138 Å². The topological polar surface area (TPSA) is 33.7 Å². The molecule has 4 nitrogen and oxygen atoms in total. The summed E-state index contributed by atoms with van der Waals surface area (Å²) in [5.74, 6) is 1.49. The maximum atomic E-state index is 6.18. The van der Waals surface area contributed by atoms with E-state index in [0.717, 1.165) is 30.9 Å². The summed E-state index contributed by atoms with van der Waals surface area (Å²) in [7, 11) is 1.64. The summed E-state index contributed by atoms with van der Waals surface area (Å²) < 4.78 is 11.1. The second-order valence-corrected chi connectivity index (χ2v) is 6.02. The molecule has 0 aromatic heterocycles. The highest BCUT2D eigenvalue weighted by atomic mass is 35.5. The number of benzene rings is 1.